The molecule has 0 unspecified atom stereocenters. The lowest BCUT2D eigenvalue weighted by atomic mass is 10.5. The molecule has 2 nitrogen and oxygen atoms in total. The molecule has 0 fully saturated rings. The molecule has 1 aromatic heterocycles. The summed E-state index contributed by atoms with van der Waals surface area (Å²) in [6.07, 6.45) is 2.04. The van der Waals surface area contributed by atoms with Gasteiger partial charge in [0.25, 0.3) is 0 Å². The molecule has 12 heavy (non-hydrogen) atoms. The van der Waals surface area contributed by atoms with Gasteiger partial charge < -0.3 is 5.11 Å². The predicted molar refractivity (Wildman–Crippen MR) is 56.0 cm³/mol. The summed E-state index contributed by atoms with van der Waals surface area (Å²) in [6.45, 7) is 0.805. The molecule has 4 heteroatoms. The van der Waals surface area contributed by atoms with Crippen LogP contribution in [0, 0.1) is 0 Å². The first-order valence-corrected chi connectivity index (χ1v) is 5.39. The Morgan fingerprint density at radius 2 is 2.58 bits per heavy atom. The molecular weight excluding hydrogens is 190 g/mol. The standard InChI is InChI=1S/C8H11NOS2/c10-5-4-9-12-7-3-8-2-1-6-11-8/h1-3,6-7,9-10H,4-5H2/b7-3+. The third-order valence-corrected chi connectivity index (χ3v) is 2.62. The molecule has 66 valence electrons. The van der Waals surface area contributed by atoms with E-state index < -0.39 is 0 Å². The van der Waals surface area contributed by atoms with Gasteiger partial charge in [-0.25, -0.2) is 0 Å². The summed E-state index contributed by atoms with van der Waals surface area (Å²) in [7, 11) is 0. The van der Waals surface area contributed by atoms with Crippen LogP contribution in [0.5, 0.6) is 0 Å². The number of aliphatic hydroxyl groups excluding tert-OH is 1. The molecule has 0 spiro atoms. The first kappa shape index (κ1) is 9.80. The second kappa shape index (κ2) is 6.25. The Hall–Kier alpha value is -0.290. The molecule has 0 aliphatic carbocycles. The maximum Gasteiger partial charge on any atom is 0.0565 e. The van der Waals surface area contributed by atoms with E-state index in [9.17, 15) is 0 Å². The summed E-state index contributed by atoms with van der Waals surface area (Å²) in [5.41, 5.74) is 0. The van der Waals surface area contributed by atoms with Crippen molar-refractivity contribution in [1.82, 2.24) is 4.72 Å². The summed E-state index contributed by atoms with van der Waals surface area (Å²) in [4.78, 5) is 1.24. The fraction of sp³-hybridized carbons (Fsp3) is 0.250. The second-order valence-electron chi connectivity index (χ2n) is 2.05. The highest BCUT2D eigenvalue weighted by Crippen LogP contribution is 2.11. The maximum atomic E-state index is 8.45. The predicted octanol–water partition coefficient (Wildman–Crippen LogP) is 1.95. The molecule has 1 heterocycles. The highest BCUT2D eigenvalue weighted by molar-refractivity contribution is 8.00. The Labute approximate surface area is 80.4 Å². The summed E-state index contributed by atoms with van der Waals surface area (Å²) < 4.78 is 2.98. The zero-order valence-electron chi connectivity index (χ0n) is 6.56. The van der Waals surface area contributed by atoms with E-state index in [0.717, 1.165) is 0 Å². The summed E-state index contributed by atoms with van der Waals surface area (Å²) >= 11 is 3.20. The van der Waals surface area contributed by atoms with Crippen molar-refractivity contribution in [2.24, 2.45) is 0 Å². The van der Waals surface area contributed by atoms with Gasteiger partial charge >= 0.3 is 0 Å². The lowest BCUT2D eigenvalue weighted by molar-refractivity contribution is 0.302. The number of nitrogens with one attached hydrogen (secondary N) is 1. The smallest absolute Gasteiger partial charge is 0.0565 e. The van der Waals surface area contributed by atoms with E-state index in [1.165, 1.54) is 16.8 Å². The van der Waals surface area contributed by atoms with Crippen LogP contribution in [0.15, 0.2) is 22.9 Å². The van der Waals surface area contributed by atoms with Crippen LogP contribution >= 0.6 is 23.3 Å². The molecule has 0 saturated heterocycles. The quantitative estimate of drug-likeness (QED) is 0.564. The average Bonchev–Trinajstić information content (AvgIpc) is 2.57. The highest BCUT2D eigenvalue weighted by atomic mass is 32.2. The number of hydrogen-bond acceptors (Lipinski definition) is 4. The molecule has 0 radical (unpaired) electrons. The molecule has 0 aliphatic heterocycles. The minimum Gasteiger partial charge on any atom is -0.395 e. The first-order valence-electron chi connectivity index (χ1n) is 3.63. The topological polar surface area (TPSA) is 32.3 Å². The van der Waals surface area contributed by atoms with Crippen LogP contribution < -0.4 is 4.72 Å². The zero-order valence-corrected chi connectivity index (χ0v) is 8.20. The van der Waals surface area contributed by atoms with Crippen LogP contribution in [0.1, 0.15) is 4.88 Å². The molecule has 0 aliphatic rings. The van der Waals surface area contributed by atoms with E-state index in [-0.39, 0.29) is 6.61 Å². The van der Waals surface area contributed by atoms with Gasteiger partial charge in [0, 0.05) is 11.4 Å². The van der Waals surface area contributed by atoms with Gasteiger partial charge in [-0.3, -0.25) is 4.72 Å². The van der Waals surface area contributed by atoms with Gasteiger partial charge in [-0.2, -0.15) is 0 Å². The zero-order chi connectivity index (χ0) is 8.65. The maximum absolute atomic E-state index is 8.45. The monoisotopic (exact) mass is 201 g/mol. The number of aliphatic hydroxyl groups is 1. The Morgan fingerprint density at radius 1 is 1.67 bits per heavy atom. The van der Waals surface area contributed by atoms with E-state index in [4.69, 9.17) is 5.11 Å². The fourth-order valence-electron chi connectivity index (χ4n) is 0.640. The fourth-order valence-corrected chi connectivity index (χ4v) is 1.86. The van der Waals surface area contributed by atoms with Crippen LogP contribution in [0.25, 0.3) is 6.08 Å². The van der Waals surface area contributed by atoms with Gasteiger partial charge in [-0.05, 0) is 22.9 Å². The van der Waals surface area contributed by atoms with E-state index >= 15 is 0 Å². The van der Waals surface area contributed by atoms with Crippen molar-refractivity contribution in [2.45, 2.75) is 0 Å². The third kappa shape index (κ3) is 3.92. The van der Waals surface area contributed by atoms with Gasteiger partial charge in [-0.1, -0.05) is 18.0 Å². The molecule has 1 aromatic rings. The van der Waals surface area contributed by atoms with Crippen molar-refractivity contribution in [2.75, 3.05) is 13.2 Å². The molecule has 0 aromatic carbocycles. The van der Waals surface area contributed by atoms with Crippen molar-refractivity contribution < 1.29 is 5.11 Å². The van der Waals surface area contributed by atoms with Crippen LogP contribution in [0.4, 0.5) is 0 Å². The SMILES string of the molecule is OCCNS/C=C/c1cccs1. The minimum absolute atomic E-state index is 0.180. The van der Waals surface area contributed by atoms with Crippen molar-refractivity contribution >= 4 is 29.4 Å². The lowest BCUT2D eigenvalue weighted by Gasteiger charge is -1.93. The van der Waals surface area contributed by atoms with Crippen molar-refractivity contribution in [1.29, 1.82) is 0 Å². The van der Waals surface area contributed by atoms with Crippen molar-refractivity contribution in [3.05, 3.63) is 27.8 Å². The Bertz CT molecular complexity index is 221. The normalized spacial score (nSPS) is 11.1. The van der Waals surface area contributed by atoms with Crippen molar-refractivity contribution in [3.8, 4) is 0 Å². The summed E-state index contributed by atoms with van der Waals surface area (Å²) in [6, 6.07) is 4.09. The summed E-state index contributed by atoms with van der Waals surface area (Å²) in [5, 5.41) is 12.5. The number of hydrogen-bond donors (Lipinski definition) is 2. The number of rotatable bonds is 5. The van der Waals surface area contributed by atoms with Crippen LogP contribution in [0.2, 0.25) is 0 Å². The minimum atomic E-state index is 0.180. The first-order chi connectivity index (χ1) is 5.93. The van der Waals surface area contributed by atoms with Gasteiger partial charge in [0.15, 0.2) is 0 Å². The Balaban J connectivity index is 2.14. The van der Waals surface area contributed by atoms with Gasteiger partial charge in [0.05, 0.1) is 6.61 Å². The average molecular weight is 201 g/mol. The van der Waals surface area contributed by atoms with Gasteiger partial charge in [-0.15, -0.1) is 11.3 Å². The van der Waals surface area contributed by atoms with E-state index in [2.05, 4.69) is 10.8 Å². The molecule has 1 rings (SSSR count). The summed E-state index contributed by atoms with van der Waals surface area (Å²) in [5.74, 6) is 0. The molecule has 0 amide bonds. The van der Waals surface area contributed by atoms with E-state index in [0.29, 0.717) is 6.54 Å². The second-order valence-corrected chi connectivity index (χ2v) is 3.83. The van der Waals surface area contributed by atoms with Crippen LogP contribution in [-0.2, 0) is 0 Å². The molecule has 0 atom stereocenters. The van der Waals surface area contributed by atoms with E-state index in [1.54, 1.807) is 11.3 Å². The molecule has 2 N–H and O–H groups in total. The van der Waals surface area contributed by atoms with Crippen molar-refractivity contribution in [3.63, 3.8) is 0 Å². The molecule has 0 bridgehead atoms. The molecule has 0 saturated carbocycles. The van der Waals surface area contributed by atoms with E-state index in [1.807, 2.05) is 22.9 Å². The van der Waals surface area contributed by atoms with Crippen LogP contribution in [-0.4, -0.2) is 18.3 Å². The van der Waals surface area contributed by atoms with Gasteiger partial charge in [0.1, 0.15) is 0 Å². The lowest BCUT2D eigenvalue weighted by Crippen LogP contribution is -2.07. The third-order valence-electron chi connectivity index (χ3n) is 1.14. The Morgan fingerprint density at radius 3 is 3.25 bits per heavy atom. The Kier molecular flexibility index (Phi) is 5.10. The van der Waals surface area contributed by atoms with Crippen LogP contribution in [0.3, 0.4) is 0 Å². The largest absolute Gasteiger partial charge is 0.395 e. The number of thiophene rings is 1. The van der Waals surface area contributed by atoms with Gasteiger partial charge in [0.2, 0.25) is 0 Å². The molecular formula is C8H11NOS2. The highest BCUT2D eigenvalue weighted by Gasteiger charge is 1.84.